The number of hydrogen-bond acceptors (Lipinski definition) is 3. The normalized spacial score (nSPS) is 13.1. The van der Waals surface area contributed by atoms with E-state index in [1.165, 1.54) is 0 Å². The molecule has 14 heavy (non-hydrogen) atoms. The van der Waals surface area contributed by atoms with Crippen LogP contribution < -0.4 is 5.73 Å². The molecule has 0 bridgehead atoms. The van der Waals surface area contributed by atoms with Crippen LogP contribution in [0.25, 0.3) is 0 Å². The lowest BCUT2D eigenvalue weighted by Gasteiger charge is -2.06. The van der Waals surface area contributed by atoms with Gasteiger partial charge in [-0.05, 0) is 34.5 Å². The Labute approximate surface area is 90.0 Å². The van der Waals surface area contributed by atoms with Gasteiger partial charge in [0.25, 0.3) is 0 Å². The molecule has 2 N–H and O–H groups in total. The Morgan fingerprint density at radius 3 is 2.64 bits per heavy atom. The van der Waals surface area contributed by atoms with E-state index in [4.69, 9.17) is 14.6 Å². The third-order valence-corrected chi connectivity index (χ3v) is 2.59. The molecule has 0 aliphatic rings. The second-order valence-electron chi connectivity index (χ2n) is 3.17. The Hall–Kier alpha value is -1.00. The lowest BCUT2D eigenvalue weighted by Crippen LogP contribution is -2.10. The molecule has 0 aliphatic carbocycles. The predicted molar refractivity (Wildman–Crippen MR) is 55.9 cm³/mol. The quantitative estimate of drug-likeness (QED) is 0.898. The highest BCUT2D eigenvalue weighted by atomic mass is 79.9. The minimum absolute atomic E-state index is 0.191. The van der Waals surface area contributed by atoms with Gasteiger partial charge < -0.3 is 14.6 Å². The molecule has 74 valence electrons. The molecule has 0 aliphatic heterocycles. The molecule has 2 aromatic rings. The number of nitrogens with two attached hydrogens (primary N) is 1. The van der Waals surface area contributed by atoms with Gasteiger partial charge in [0.15, 0.2) is 4.67 Å². The van der Waals surface area contributed by atoms with Gasteiger partial charge >= 0.3 is 0 Å². The van der Waals surface area contributed by atoms with Crippen molar-refractivity contribution in [2.45, 2.75) is 13.0 Å². The molecule has 0 amide bonds. The van der Waals surface area contributed by atoms with Crippen molar-refractivity contribution in [2.75, 3.05) is 0 Å². The summed E-state index contributed by atoms with van der Waals surface area (Å²) in [5, 5.41) is 0. The van der Waals surface area contributed by atoms with Crippen LogP contribution in [0.3, 0.4) is 0 Å². The minimum Gasteiger partial charge on any atom is -0.472 e. The number of aryl methyl sites for hydroxylation is 1. The molecule has 1 unspecified atom stereocenters. The molecule has 2 heterocycles. The molecule has 2 rings (SSSR count). The van der Waals surface area contributed by atoms with Gasteiger partial charge in [0.05, 0.1) is 24.8 Å². The van der Waals surface area contributed by atoms with Crippen molar-refractivity contribution in [1.82, 2.24) is 0 Å². The van der Waals surface area contributed by atoms with Crippen LogP contribution in [-0.2, 0) is 0 Å². The highest BCUT2D eigenvalue weighted by molar-refractivity contribution is 9.10. The molecule has 3 nitrogen and oxygen atoms in total. The molecular weight excluding hydrogens is 246 g/mol. The summed E-state index contributed by atoms with van der Waals surface area (Å²) in [6.45, 7) is 1.97. The van der Waals surface area contributed by atoms with Crippen molar-refractivity contribution >= 4 is 15.9 Å². The molecule has 0 fully saturated rings. The Morgan fingerprint density at radius 1 is 1.36 bits per heavy atom. The van der Waals surface area contributed by atoms with Crippen molar-refractivity contribution in [3.8, 4) is 0 Å². The van der Waals surface area contributed by atoms with Crippen LogP contribution in [0.15, 0.2) is 38.4 Å². The summed E-state index contributed by atoms with van der Waals surface area (Å²) in [6.07, 6.45) is 4.99. The minimum atomic E-state index is -0.191. The van der Waals surface area contributed by atoms with Crippen LogP contribution in [0, 0.1) is 6.92 Å². The highest BCUT2D eigenvalue weighted by Crippen LogP contribution is 2.26. The van der Waals surface area contributed by atoms with Gasteiger partial charge in [0.2, 0.25) is 0 Å². The molecule has 0 saturated carbocycles. The van der Waals surface area contributed by atoms with Gasteiger partial charge in [-0.25, -0.2) is 0 Å². The van der Waals surface area contributed by atoms with Gasteiger partial charge in [-0.15, -0.1) is 0 Å². The van der Waals surface area contributed by atoms with E-state index in [0.29, 0.717) is 4.67 Å². The smallest absolute Gasteiger partial charge is 0.169 e. The van der Waals surface area contributed by atoms with E-state index in [0.717, 1.165) is 16.7 Å². The lowest BCUT2D eigenvalue weighted by molar-refractivity contribution is 0.536. The van der Waals surface area contributed by atoms with Crippen molar-refractivity contribution in [3.05, 3.63) is 46.2 Å². The van der Waals surface area contributed by atoms with Crippen LogP contribution in [0.4, 0.5) is 0 Å². The average Bonchev–Trinajstić information content (AvgIpc) is 2.73. The maximum absolute atomic E-state index is 6.03. The van der Waals surface area contributed by atoms with Crippen molar-refractivity contribution in [2.24, 2.45) is 5.73 Å². The van der Waals surface area contributed by atoms with E-state index >= 15 is 0 Å². The first-order valence-corrected chi connectivity index (χ1v) is 5.00. The topological polar surface area (TPSA) is 52.3 Å². The average molecular weight is 256 g/mol. The molecule has 1 atom stereocenters. The maximum atomic E-state index is 6.03. The first-order valence-electron chi connectivity index (χ1n) is 4.20. The number of halogens is 1. The Bertz CT molecular complexity index is 433. The standard InChI is InChI=1S/C10H10BrNO2/c1-6-3-13-5-8(6)10(12)7-2-9(11)14-4-7/h2-5,10H,12H2,1H3. The first-order chi connectivity index (χ1) is 6.68. The largest absolute Gasteiger partial charge is 0.472 e. The number of rotatable bonds is 2. The molecule has 0 radical (unpaired) electrons. The zero-order valence-corrected chi connectivity index (χ0v) is 9.24. The van der Waals surface area contributed by atoms with Gasteiger partial charge in [-0.1, -0.05) is 0 Å². The molecule has 4 heteroatoms. The van der Waals surface area contributed by atoms with Crippen molar-refractivity contribution in [1.29, 1.82) is 0 Å². The van der Waals surface area contributed by atoms with Crippen LogP contribution >= 0.6 is 15.9 Å². The molecular formula is C10H10BrNO2. The fraction of sp³-hybridized carbons (Fsp3) is 0.200. The summed E-state index contributed by atoms with van der Waals surface area (Å²) < 4.78 is 10.9. The first kappa shape index (κ1) is 9.55. The van der Waals surface area contributed by atoms with Crippen LogP contribution in [0.2, 0.25) is 0 Å². The third kappa shape index (κ3) is 1.63. The van der Waals surface area contributed by atoms with E-state index in [2.05, 4.69) is 15.9 Å². The fourth-order valence-electron chi connectivity index (χ4n) is 1.36. The summed E-state index contributed by atoms with van der Waals surface area (Å²) >= 11 is 3.24. The summed E-state index contributed by atoms with van der Waals surface area (Å²) in [6, 6.07) is 1.67. The van der Waals surface area contributed by atoms with E-state index in [-0.39, 0.29) is 6.04 Å². The lowest BCUT2D eigenvalue weighted by atomic mass is 10.0. The van der Waals surface area contributed by atoms with Crippen molar-refractivity contribution in [3.63, 3.8) is 0 Å². The molecule has 0 spiro atoms. The van der Waals surface area contributed by atoms with Crippen LogP contribution in [0.5, 0.6) is 0 Å². The molecule has 2 aromatic heterocycles. The predicted octanol–water partition coefficient (Wildman–Crippen LogP) is 2.99. The summed E-state index contributed by atoms with van der Waals surface area (Å²) in [5.41, 5.74) is 9.00. The van der Waals surface area contributed by atoms with E-state index in [9.17, 15) is 0 Å². The Morgan fingerprint density at radius 2 is 2.14 bits per heavy atom. The second kappa shape index (κ2) is 3.63. The van der Waals surface area contributed by atoms with Crippen LogP contribution in [0.1, 0.15) is 22.7 Å². The van der Waals surface area contributed by atoms with E-state index in [1.807, 2.05) is 13.0 Å². The van der Waals surface area contributed by atoms with E-state index in [1.54, 1.807) is 18.8 Å². The second-order valence-corrected chi connectivity index (χ2v) is 3.95. The van der Waals surface area contributed by atoms with E-state index < -0.39 is 0 Å². The van der Waals surface area contributed by atoms with Gasteiger partial charge in [0, 0.05) is 11.1 Å². The van der Waals surface area contributed by atoms with Gasteiger partial charge in [-0.3, -0.25) is 0 Å². The summed E-state index contributed by atoms with van der Waals surface area (Å²) in [4.78, 5) is 0. The van der Waals surface area contributed by atoms with Gasteiger partial charge in [0.1, 0.15) is 0 Å². The number of furan rings is 2. The zero-order valence-electron chi connectivity index (χ0n) is 7.66. The Kier molecular flexibility index (Phi) is 2.48. The monoisotopic (exact) mass is 255 g/mol. The Balaban J connectivity index is 2.33. The SMILES string of the molecule is Cc1cocc1C(N)c1coc(Br)c1. The van der Waals surface area contributed by atoms with Crippen LogP contribution in [-0.4, -0.2) is 0 Å². The summed E-state index contributed by atoms with van der Waals surface area (Å²) in [7, 11) is 0. The summed E-state index contributed by atoms with van der Waals surface area (Å²) in [5.74, 6) is 0. The van der Waals surface area contributed by atoms with Gasteiger partial charge in [-0.2, -0.15) is 0 Å². The molecule has 0 aromatic carbocycles. The molecule has 0 saturated heterocycles. The number of hydrogen-bond donors (Lipinski definition) is 1. The highest BCUT2D eigenvalue weighted by Gasteiger charge is 2.15. The van der Waals surface area contributed by atoms with Crippen molar-refractivity contribution < 1.29 is 8.83 Å². The maximum Gasteiger partial charge on any atom is 0.169 e. The zero-order chi connectivity index (χ0) is 10.1. The third-order valence-electron chi connectivity index (χ3n) is 2.18. The fourth-order valence-corrected chi connectivity index (χ4v) is 1.71.